The van der Waals surface area contributed by atoms with Crippen molar-refractivity contribution in [2.24, 2.45) is 0 Å². The van der Waals surface area contributed by atoms with Gasteiger partial charge in [0.1, 0.15) is 12.4 Å². The first-order chi connectivity index (χ1) is 13.8. The zero-order valence-corrected chi connectivity index (χ0v) is 17.0. The second-order valence-electron chi connectivity index (χ2n) is 7.93. The molecule has 1 fully saturated rings. The van der Waals surface area contributed by atoms with Gasteiger partial charge < -0.3 is 9.47 Å². The normalized spacial score (nSPS) is 19.0. The molecule has 2 heterocycles. The molecule has 4 heteroatoms. The molecule has 4 rings (SSSR count). The molecule has 0 N–H and O–H groups in total. The Labute approximate surface area is 169 Å². The monoisotopic (exact) mass is 380 g/mol. The van der Waals surface area contributed by atoms with Crippen LogP contribution >= 0.6 is 0 Å². The highest BCUT2D eigenvalue weighted by Gasteiger charge is 2.21. The van der Waals surface area contributed by atoms with Gasteiger partial charge in [0.25, 0.3) is 0 Å². The van der Waals surface area contributed by atoms with E-state index >= 15 is 0 Å². The summed E-state index contributed by atoms with van der Waals surface area (Å²) in [5, 5.41) is 0. The second kappa shape index (κ2) is 9.55. The van der Waals surface area contributed by atoms with Gasteiger partial charge in [-0.05, 0) is 42.6 Å². The van der Waals surface area contributed by atoms with E-state index in [-0.39, 0.29) is 0 Å². The summed E-state index contributed by atoms with van der Waals surface area (Å²) >= 11 is 0. The second-order valence-corrected chi connectivity index (χ2v) is 7.93. The molecule has 0 bridgehead atoms. The molecule has 0 spiro atoms. The number of hydrogen-bond donors (Lipinski definition) is 0. The number of ether oxygens (including phenoxy) is 2. The molecular weight excluding hydrogens is 348 g/mol. The van der Waals surface area contributed by atoms with Crippen molar-refractivity contribution in [3.63, 3.8) is 0 Å². The van der Waals surface area contributed by atoms with E-state index in [2.05, 4.69) is 65.3 Å². The van der Waals surface area contributed by atoms with Gasteiger partial charge in [-0.2, -0.15) is 0 Å². The predicted molar refractivity (Wildman–Crippen MR) is 112 cm³/mol. The highest BCUT2D eigenvalue weighted by Crippen LogP contribution is 2.26. The fourth-order valence-electron chi connectivity index (χ4n) is 4.15. The van der Waals surface area contributed by atoms with Crippen molar-refractivity contribution >= 4 is 0 Å². The highest BCUT2D eigenvalue weighted by atomic mass is 16.5. The summed E-state index contributed by atoms with van der Waals surface area (Å²) in [6.45, 7) is 10.0. The predicted octanol–water partition coefficient (Wildman–Crippen LogP) is 4.08. The van der Waals surface area contributed by atoms with Crippen LogP contribution in [0.1, 0.15) is 36.5 Å². The van der Waals surface area contributed by atoms with Crippen LogP contribution in [0, 0.1) is 0 Å². The lowest BCUT2D eigenvalue weighted by Gasteiger charge is -2.32. The summed E-state index contributed by atoms with van der Waals surface area (Å²) in [7, 11) is 0. The molecule has 4 nitrogen and oxygen atoms in total. The van der Waals surface area contributed by atoms with E-state index in [1.54, 1.807) is 0 Å². The molecule has 2 aromatic rings. The van der Waals surface area contributed by atoms with Gasteiger partial charge >= 0.3 is 0 Å². The SMILES string of the molecule is CCN1CCOc2ccc(CN3CCC(OCc4ccccc4)CC3)cc2C1. The van der Waals surface area contributed by atoms with Gasteiger partial charge in [0.05, 0.1) is 12.7 Å². The average Bonchev–Trinajstić information content (AvgIpc) is 2.95. The minimum absolute atomic E-state index is 0.384. The number of piperidine rings is 1. The minimum Gasteiger partial charge on any atom is -0.492 e. The molecule has 0 saturated carbocycles. The highest BCUT2D eigenvalue weighted by molar-refractivity contribution is 5.38. The van der Waals surface area contributed by atoms with Crippen molar-refractivity contribution in [3.05, 3.63) is 65.2 Å². The van der Waals surface area contributed by atoms with Gasteiger partial charge in [-0.3, -0.25) is 9.80 Å². The van der Waals surface area contributed by atoms with Crippen LogP contribution in [0.3, 0.4) is 0 Å². The molecule has 2 aliphatic heterocycles. The van der Waals surface area contributed by atoms with Gasteiger partial charge in [0.15, 0.2) is 0 Å². The van der Waals surface area contributed by atoms with Crippen molar-refractivity contribution in [1.29, 1.82) is 0 Å². The maximum absolute atomic E-state index is 6.13. The Morgan fingerprint density at radius 3 is 2.57 bits per heavy atom. The summed E-state index contributed by atoms with van der Waals surface area (Å²) in [5.74, 6) is 1.06. The third kappa shape index (κ3) is 5.13. The van der Waals surface area contributed by atoms with Crippen molar-refractivity contribution in [1.82, 2.24) is 9.80 Å². The molecule has 0 aliphatic carbocycles. The van der Waals surface area contributed by atoms with Crippen molar-refractivity contribution < 1.29 is 9.47 Å². The lowest BCUT2D eigenvalue weighted by molar-refractivity contribution is -0.00394. The maximum atomic E-state index is 6.13. The zero-order chi connectivity index (χ0) is 19.2. The van der Waals surface area contributed by atoms with E-state index in [0.717, 1.165) is 71.1 Å². The Hall–Kier alpha value is -1.88. The fraction of sp³-hybridized carbons (Fsp3) is 0.500. The van der Waals surface area contributed by atoms with Gasteiger partial charge in [0, 0.05) is 38.3 Å². The molecule has 28 heavy (non-hydrogen) atoms. The Morgan fingerprint density at radius 1 is 0.964 bits per heavy atom. The van der Waals surface area contributed by atoms with Crippen LogP contribution < -0.4 is 4.74 Å². The minimum atomic E-state index is 0.384. The number of nitrogens with zero attached hydrogens (tertiary/aromatic N) is 2. The third-order valence-electron chi connectivity index (χ3n) is 5.90. The summed E-state index contributed by atoms with van der Waals surface area (Å²) in [4.78, 5) is 5.00. The Bertz CT molecular complexity index is 742. The molecule has 150 valence electrons. The zero-order valence-electron chi connectivity index (χ0n) is 17.0. The largest absolute Gasteiger partial charge is 0.492 e. The number of likely N-dealkylation sites (N-methyl/N-ethyl adjacent to an activating group) is 1. The smallest absolute Gasteiger partial charge is 0.123 e. The summed E-state index contributed by atoms with van der Waals surface area (Å²) in [6, 6.07) is 17.2. The van der Waals surface area contributed by atoms with Crippen LogP contribution in [-0.2, 0) is 24.4 Å². The molecular formula is C24H32N2O2. The lowest BCUT2D eigenvalue weighted by atomic mass is 10.0. The first-order valence-corrected chi connectivity index (χ1v) is 10.6. The average molecular weight is 381 g/mol. The Balaban J connectivity index is 1.27. The van der Waals surface area contributed by atoms with Crippen LogP contribution in [0.15, 0.2) is 48.5 Å². The number of rotatable bonds is 6. The standard InChI is InChI=1S/C24H32N2O2/c1-2-25-14-15-27-24-9-8-21(16-22(24)18-25)17-26-12-10-23(11-13-26)28-19-20-6-4-3-5-7-20/h3-9,16,23H,2,10-15,17-19H2,1H3. The molecule has 0 atom stereocenters. The van der Waals surface area contributed by atoms with E-state index in [1.165, 1.54) is 16.7 Å². The quantitative estimate of drug-likeness (QED) is 0.754. The first kappa shape index (κ1) is 19.4. The lowest BCUT2D eigenvalue weighted by Crippen LogP contribution is -2.36. The van der Waals surface area contributed by atoms with Gasteiger partial charge in [0.2, 0.25) is 0 Å². The van der Waals surface area contributed by atoms with Crippen molar-refractivity contribution in [2.45, 2.75) is 45.6 Å². The van der Waals surface area contributed by atoms with Gasteiger partial charge in [-0.15, -0.1) is 0 Å². The van der Waals surface area contributed by atoms with E-state index < -0.39 is 0 Å². The Kier molecular flexibility index (Phi) is 6.63. The molecule has 2 aromatic carbocycles. The van der Waals surface area contributed by atoms with Crippen LogP contribution in [0.4, 0.5) is 0 Å². The third-order valence-corrected chi connectivity index (χ3v) is 5.90. The number of hydrogen-bond acceptors (Lipinski definition) is 4. The molecule has 2 aliphatic rings. The van der Waals surface area contributed by atoms with Crippen molar-refractivity contribution in [3.8, 4) is 5.75 Å². The van der Waals surface area contributed by atoms with E-state index in [0.29, 0.717) is 6.10 Å². The van der Waals surface area contributed by atoms with Gasteiger partial charge in [-0.1, -0.05) is 43.3 Å². The molecule has 0 amide bonds. The molecule has 0 radical (unpaired) electrons. The molecule has 0 aromatic heterocycles. The number of benzene rings is 2. The van der Waals surface area contributed by atoms with E-state index in [9.17, 15) is 0 Å². The Morgan fingerprint density at radius 2 is 1.79 bits per heavy atom. The summed E-state index contributed by atoms with van der Waals surface area (Å²) in [5.41, 5.74) is 3.99. The van der Waals surface area contributed by atoms with Crippen LogP contribution in [-0.4, -0.2) is 48.7 Å². The van der Waals surface area contributed by atoms with Crippen LogP contribution in [0.5, 0.6) is 5.75 Å². The topological polar surface area (TPSA) is 24.9 Å². The maximum Gasteiger partial charge on any atom is 0.123 e. The summed E-state index contributed by atoms with van der Waals surface area (Å²) in [6.07, 6.45) is 2.62. The van der Waals surface area contributed by atoms with Crippen LogP contribution in [0.2, 0.25) is 0 Å². The molecule has 1 saturated heterocycles. The molecule has 0 unspecified atom stereocenters. The van der Waals surface area contributed by atoms with E-state index in [4.69, 9.17) is 9.47 Å². The van der Waals surface area contributed by atoms with Crippen molar-refractivity contribution in [2.75, 3.05) is 32.8 Å². The van der Waals surface area contributed by atoms with E-state index in [1.807, 2.05) is 0 Å². The number of fused-ring (bicyclic) bond motifs is 1. The number of likely N-dealkylation sites (tertiary alicyclic amines) is 1. The fourth-order valence-corrected chi connectivity index (χ4v) is 4.15. The first-order valence-electron chi connectivity index (χ1n) is 10.6. The van der Waals surface area contributed by atoms with Gasteiger partial charge in [-0.25, -0.2) is 0 Å². The van der Waals surface area contributed by atoms with Crippen LogP contribution in [0.25, 0.3) is 0 Å². The summed E-state index contributed by atoms with van der Waals surface area (Å²) < 4.78 is 12.1.